The minimum Gasteiger partial charge on any atom is -0.496 e. The molecule has 1 fully saturated rings. The summed E-state index contributed by atoms with van der Waals surface area (Å²) in [7, 11) is -2.11. The van der Waals surface area contributed by atoms with Crippen LogP contribution in [0.15, 0.2) is 41.3 Å². The highest BCUT2D eigenvalue weighted by Crippen LogP contribution is 2.28. The molecule has 1 amide bonds. The van der Waals surface area contributed by atoms with Gasteiger partial charge in [0, 0.05) is 18.8 Å². The molecule has 156 valence electrons. The molecule has 7 heteroatoms. The number of ether oxygens (including phenoxy) is 1. The Kier molecular flexibility index (Phi) is 6.29. The van der Waals surface area contributed by atoms with Gasteiger partial charge >= 0.3 is 0 Å². The van der Waals surface area contributed by atoms with Crippen molar-refractivity contribution in [1.82, 2.24) is 4.31 Å². The normalized spacial score (nSPS) is 17.7. The third-order valence-corrected chi connectivity index (χ3v) is 7.27. The van der Waals surface area contributed by atoms with Crippen LogP contribution in [0.4, 0.5) is 5.69 Å². The minimum atomic E-state index is -3.67. The van der Waals surface area contributed by atoms with Gasteiger partial charge in [0.1, 0.15) is 5.75 Å². The van der Waals surface area contributed by atoms with Crippen molar-refractivity contribution in [3.8, 4) is 5.75 Å². The lowest BCUT2D eigenvalue weighted by molar-refractivity contribution is -0.120. The molecule has 1 atom stereocenters. The Balaban J connectivity index is 1.76. The van der Waals surface area contributed by atoms with Crippen LogP contribution in [0.1, 0.15) is 29.5 Å². The quantitative estimate of drug-likeness (QED) is 0.807. The number of carbonyl (C=O) groups excluding carboxylic acids is 1. The van der Waals surface area contributed by atoms with E-state index in [1.807, 2.05) is 39.0 Å². The Hall–Kier alpha value is -2.38. The van der Waals surface area contributed by atoms with Gasteiger partial charge in [0.2, 0.25) is 15.9 Å². The van der Waals surface area contributed by atoms with Crippen LogP contribution in [0, 0.1) is 26.7 Å². The van der Waals surface area contributed by atoms with Crippen LogP contribution in [0.5, 0.6) is 5.75 Å². The fourth-order valence-corrected chi connectivity index (χ4v) is 5.25. The topological polar surface area (TPSA) is 75.7 Å². The molecule has 0 spiro atoms. The van der Waals surface area contributed by atoms with E-state index in [0.717, 1.165) is 22.4 Å². The minimum absolute atomic E-state index is 0.135. The van der Waals surface area contributed by atoms with Crippen molar-refractivity contribution < 1.29 is 17.9 Å². The molecule has 1 aliphatic heterocycles. The lowest BCUT2D eigenvalue weighted by Gasteiger charge is -2.31. The van der Waals surface area contributed by atoms with Gasteiger partial charge in [0.05, 0.1) is 17.9 Å². The van der Waals surface area contributed by atoms with E-state index in [2.05, 4.69) is 5.32 Å². The van der Waals surface area contributed by atoms with Crippen LogP contribution in [0.3, 0.4) is 0 Å². The molecule has 0 radical (unpaired) electrons. The fourth-order valence-electron chi connectivity index (χ4n) is 3.64. The van der Waals surface area contributed by atoms with E-state index in [0.29, 0.717) is 25.1 Å². The number of benzene rings is 2. The standard InChI is InChI=1S/C22H28N2O4S/c1-15-7-8-16(2)20(12-15)23-22(25)18-6-5-11-24(14-18)29(26,27)19-9-10-21(28-4)17(3)13-19/h7-10,12-13,18H,5-6,11,14H2,1-4H3,(H,23,25)/t18-/m1/s1. The number of sulfonamides is 1. The van der Waals surface area contributed by atoms with Gasteiger partial charge in [-0.25, -0.2) is 8.42 Å². The monoisotopic (exact) mass is 416 g/mol. The Bertz CT molecular complexity index is 1020. The molecule has 1 N–H and O–H groups in total. The summed E-state index contributed by atoms with van der Waals surface area (Å²) in [6, 6.07) is 10.7. The van der Waals surface area contributed by atoms with E-state index < -0.39 is 10.0 Å². The number of rotatable bonds is 5. The van der Waals surface area contributed by atoms with E-state index in [9.17, 15) is 13.2 Å². The zero-order valence-electron chi connectivity index (χ0n) is 17.4. The first kappa shape index (κ1) is 21.3. The third kappa shape index (κ3) is 4.62. The molecule has 29 heavy (non-hydrogen) atoms. The van der Waals surface area contributed by atoms with Crippen molar-refractivity contribution in [3.63, 3.8) is 0 Å². The molecule has 1 aliphatic rings. The highest BCUT2D eigenvalue weighted by Gasteiger charge is 2.33. The zero-order valence-corrected chi connectivity index (χ0v) is 18.2. The van der Waals surface area contributed by atoms with Crippen molar-refractivity contribution >= 4 is 21.6 Å². The smallest absolute Gasteiger partial charge is 0.243 e. The number of methoxy groups -OCH3 is 1. The molecule has 3 rings (SSSR count). The first-order valence-electron chi connectivity index (χ1n) is 9.75. The Morgan fingerprint density at radius 2 is 1.86 bits per heavy atom. The van der Waals surface area contributed by atoms with Gasteiger partial charge in [0.25, 0.3) is 0 Å². The van der Waals surface area contributed by atoms with E-state index in [-0.39, 0.29) is 23.3 Å². The van der Waals surface area contributed by atoms with Gasteiger partial charge in [-0.15, -0.1) is 0 Å². The second-order valence-corrected chi connectivity index (χ2v) is 9.58. The summed E-state index contributed by atoms with van der Waals surface area (Å²) in [4.78, 5) is 13.1. The molecule has 0 saturated carbocycles. The van der Waals surface area contributed by atoms with E-state index >= 15 is 0 Å². The third-order valence-electron chi connectivity index (χ3n) is 5.41. The van der Waals surface area contributed by atoms with Crippen LogP contribution in [-0.4, -0.2) is 38.8 Å². The lowest BCUT2D eigenvalue weighted by atomic mass is 9.98. The molecule has 2 aromatic rings. The van der Waals surface area contributed by atoms with Crippen molar-refractivity contribution in [2.75, 3.05) is 25.5 Å². The summed E-state index contributed by atoms with van der Waals surface area (Å²) >= 11 is 0. The second-order valence-electron chi connectivity index (χ2n) is 7.64. The van der Waals surface area contributed by atoms with Gasteiger partial charge in [-0.1, -0.05) is 12.1 Å². The summed E-state index contributed by atoms with van der Waals surface area (Å²) in [5, 5.41) is 2.98. The van der Waals surface area contributed by atoms with Crippen LogP contribution in [0.2, 0.25) is 0 Å². The van der Waals surface area contributed by atoms with E-state index in [1.165, 1.54) is 4.31 Å². The molecule has 1 saturated heterocycles. The second kappa shape index (κ2) is 8.55. The number of nitrogens with zero attached hydrogens (tertiary/aromatic N) is 1. The molecule has 2 aromatic carbocycles. The number of hydrogen-bond donors (Lipinski definition) is 1. The molecule has 1 heterocycles. The Morgan fingerprint density at radius 1 is 1.10 bits per heavy atom. The first-order valence-corrected chi connectivity index (χ1v) is 11.2. The van der Waals surface area contributed by atoms with Crippen molar-refractivity contribution in [2.45, 2.75) is 38.5 Å². The highest BCUT2D eigenvalue weighted by atomic mass is 32.2. The van der Waals surface area contributed by atoms with Crippen LogP contribution >= 0.6 is 0 Å². The average molecular weight is 417 g/mol. The maximum atomic E-state index is 13.1. The average Bonchev–Trinajstić information content (AvgIpc) is 2.70. The van der Waals surface area contributed by atoms with Gasteiger partial charge < -0.3 is 10.1 Å². The van der Waals surface area contributed by atoms with Crippen molar-refractivity contribution in [1.29, 1.82) is 0 Å². The largest absolute Gasteiger partial charge is 0.496 e. The number of amides is 1. The lowest BCUT2D eigenvalue weighted by Crippen LogP contribution is -2.43. The van der Waals surface area contributed by atoms with Crippen molar-refractivity contribution in [2.24, 2.45) is 5.92 Å². The van der Waals surface area contributed by atoms with Gasteiger partial charge in [-0.3, -0.25) is 4.79 Å². The highest BCUT2D eigenvalue weighted by molar-refractivity contribution is 7.89. The zero-order chi connectivity index (χ0) is 21.2. The van der Waals surface area contributed by atoms with E-state index in [4.69, 9.17) is 4.74 Å². The maximum absolute atomic E-state index is 13.1. The molecule has 0 bridgehead atoms. The molecule has 0 aromatic heterocycles. The Labute approximate surface area is 172 Å². The summed E-state index contributed by atoms with van der Waals surface area (Å²) in [6.45, 7) is 6.33. The number of aryl methyl sites for hydroxylation is 3. The number of carbonyl (C=O) groups is 1. The predicted octanol–water partition coefficient (Wildman–Crippen LogP) is 3.66. The Morgan fingerprint density at radius 3 is 2.55 bits per heavy atom. The summed E-state index contributed by atoms with van der Waals surface area (Å²) in [5.41, 5.74) is 3.59. The molecule has 6 nitrogen and oxygen atoms in total. The molecule has 0 aliphatic carbocycles. The summed E-state index contributed by atoms with van der Waals surface area (Å²) in [5.74, 6) is 0.135. The number of nitrogens with one attached hydrogen (secondary N) is 1. The predicted molar refractivity (Wildman–Crippen MR) is 114 cm³/mol. The van der Waals surface area contributed by atoms with Crippen LogP contribution < -0.4 is 10.1 Å². The molecular formula is C22H28N2O4S. The molecular weight excluding hydrogens is 388 g/mol. The number of anilines is 1. The number of piperidine rings is 1. The number of hydrogen-bond acceptors (Lipinski definition) is 4. The van der Waals surface area contributed by atoms with Gasteiger partial charge in [-0.05, 0) is 74.6 Å². The summed E-state index contributed by atoms with van der Waals surface area (Å²) in [6.07, 6.45) is 1.32. The SMILES string of the molecule is COc1ccc(S(=O)(=O)N2CCC[C@@H](C(=O)Nc3cc(C)ccc3C)C2)cc1C. The summed E-state index contributed by atoms with van der Waals surface area (Å²) < 4.78 is 32.9. The van der Waals surface area contributed by atoms with E-state index in [1.54, 1.807) is 25.3 Å². The maximum Gasteiger partial charge on any atom is 0.243 e. The fraction of sp³-hybridized carbons (Fsp3) is 0.409. The van der Waals surface area contributed by atoms with Crippen LogP contribution in [-0.2, 0) is 14.8 Å². The first-order chi connectivity index (χ1) is 13.7. The molecule has 0 unspecified atom stereocenters. The van der Waals surface area contributed by atoms with Crippen LogP contribution in [0.25, 0.3) is 0 Å². The van der Waals surface area contributed by atoms with Gasteiger partial charge in [-0.2, -0.15) is 4.31 Å². The van der Waals surface area contributed by atoms with Gasteiger partial charge in [0.15, 0.2) is 0 Å². The van der Waals surface area contributed by atoms with Crippen molar-refractivity contribution in [3.05, 3.63) is 53.1 Å².